The van der Waals surface area contributed by atoms with Gasteiger partial charge in [0.15, 0.2) is 0 Å². The third-order valence-corrected chi connectivity index (χ3v) is 5.49. The molecule has 0 radical (unpaired) electrons. The predicted molar refractivity (Wildman–Crippen MR) is 111 cm³/mol. The van der Waals surface area contributed by atoms with Gasteiger partial charge in [0.25, 0.3) is 0 Å². The third-order valence-electron chi connectivity index (χ3n) is 5.49. The molecule has 2 heterocycles. The van der Waals surface area contributed by atoms with E-state index in [-0.39, 0.29) is 12.1 Å². The summed E-state index contributed by atoms with van der Waals surface area (Å²) in [5.74, 6) is 0.807. The number of nitrogens with zero attached hydrogens (tertiary/aromatic N) is 2. The quantitative estimate of drug-likeness (QED) is 0.718. The van der Waals surface area contributed by atoms with Gasteiger partial charge in [-0.15, -0.1) is 0 Å². The molecule has 0 spiro atoms. The Bertz CT molecular complexity index is 991. The molecule has 1 aromatic heterocycles. The van der Waals surface area contributed by atoms with E-state index in [2.05, 4.69) is 36.0 Å². The van der Waals surface area contributed by atoms with Crippen LogP contribution in [0.15, 0.2) is 60.8 Å². The van der Waals surface area contributed by atoms with Crippen molar-refractivity contribution in [2.45, 2.75) is 26.4 Å². The average molecular weight is 375 g/mol. The molecule has 5 nitrogen and oxygen atoms in total. The van der Waals surface area contributed by atoms with Crippen molar-refractivity contribution in [1.82, 2.24) is 9.47 Å². The van der Waals surface area contributed by atoms with Gasteiger partial charge < -0.3 is 19.5 Å². The zero-order valence-electron chi connectivity index (χ0n) is 16.5. The molecule has 1 unspecified atom stereocenters. The highest BCUT2D eigenvalue weighted by atomic mass is 16.5. The van der Waals surface area contributed by atoms with E-state index in [0.717, 1.165) is 34.8 Å². The van der Waals surface area contributed by atoms with Crippen molar-refractivity contribution in [3.8, 4) is 5.75 Å². The van der Waals surface area contributed by atoms with Crippen LogP contribution in [-0.2, 0) is 6.54 Å². The zero-order chi connectivity index (χ0) is 19.7. The van der Waals surface area contributed by atoms with Gasteiger partial charge in [-0.25, -0.2) is 4.79 Å². The largest absolute Gasteiger partial charge is 0.497 e. The molecule has 0 saturated heterocycles. The van der Waals surface area contributed by atoms with E-state index < -0.39 is 0 Å². The summed E-state index contributed by atoms with van der Waals surface area (Å²) in [4.78, 5) is 15.1. The fourth-order valence-electron chi connectivity index (χ4n) is 3.75. The highest BCUT2D eigenvalue weighted by molar-refractivity contribution is 5.90. The maximum absolute atomic E-state index is 13.2. The van der Waals surface area contributed by atoms with Crippen molar-refractivity contribution in [1.29, 1.82) is 0 Å². The fourth-order valence-corrected chi connectivity index (χ4v) is 3.75. The Labute approximate surface area is 165 Å². The monoisotopic (exact) mass is 375 g/mol. The van der Waals surface area contributed by atoms with Crippen LogP contribution in [0.4, 0.5) is 10.5 Å². The number of carbonyl (C=O) groups is 1. The van der Waals surface area contributed by atoms with Crippen LogP contribution in [0, 0.1) is 13.8 Å². The molecule has 28 heavy (non-hydrogen) atoms. The smallest absolute Gasteiger partial charge is 0.322 e. The minimum atomic E-state index is -0.138. The van der Waals surface area contributed by atoms with Crippen LogP contribution in [0.3, 0.4) is 0 Å². The lowest BCUT2D eigenvalue weighted by atomic mass is 10.00. The van der Waals surface area contributed by atoms with Gasteiger partial charge in [0.1, 0.15) is 5.75 Å². The summed E-state index contributed by atoms with van der Waals surface area (Å²) < 4.78 is 7.50. The highest BCUT2D eigenvalue weighted by Crippen LogP contribution is 2.33. The lowest BCUT2D eigenvalue weighted by molar-refractivity contribution is 0.182. The van der Waals surface area contributed by atoms with Gasteiger partial charge in [-0.3, -0.25) is 0 Å². The summed E-state index contributed by atoms with van der Waals surface area (Å²) >= 11 is 0. The molecular formula is C23H25N3O2. The molecule has 1 aliphatic rings. The third kappa shape index (κ3) is 3.36. The van der Waals surface area contributed by atoms with Crippen LogP contribution in [-0.4, -0.2) is 29.2 Å². The SMILES string of the molecule is COc1ccc(C2c3cccn3CCN2C(=O)Nc2ccc(C)c(C)c2)cc1. The molecular weight excluding hydrogens is 350 g/mol. The molecule has 144 valence electrons. The topological polar surface area (TPSA) is 46.5 Å². The van der Waals surface area contributed by atoms with E-state index in [9.17, 15) is 4.79 Å². The number of aromatic nitrogens is 1. The van der Waals surface area contributed by atoms with E-state index in [1.165, 1.54) is 5.56 Å². The maximum atomic E-state index is 13.2. The molecule has 2 aromatic carbocycles. The number of nitrogens with one attached hydrogen (secondary N) is 1. The Hall–Kier alpha value is -3.21. The standard InChI is InChI=1S/C23H25N3O2/c1-16-6-9-19(15-17(16)2)24-23(27)26-14-13-25-12-4-5-21(25)22(26)18-7-10-20(28-3)11-8-18/h4-12,15,22H,13-14H2,1-3H3,(H,24,27). The number of hydrogen-bond donors (Lipinski definition) is 1. The number of methoxy groups -OCH3 is 1. The number of hydrogen-bond acceptors (Lipinski definition) is 2. The highest BCUT2D eigenvalue weighted by Gasteiger charge is 2.32. The van der Waals surface area contributed by atoms with Crippen molar-refractivity contribution in [2.75, 3.05) is 19.0 Å². The van der Waals surface area contributed by atoms with Crippen LogP contribution in [0.1, 0.15) is 28.4 Å². The van der Waals surface area contributed by atoms with E-state index >= 15 is 0 Å². The Balaban J connectivity index is 1.65. The number of rotatable bonds is 3. The number of carbonyl (C=O) groups excluding carboxylic acids is 1. The second-order valence-corrected chi connectivity index (χ2v) is 7.22. The molecule has 1 N–H and O–H groups in total. The minimum Gasteiger partial charge on any atom is -0.497 e. The summed E-state index contributed by atoms with van der Waals surface area (Å²) in [6, 6.07) is 17.8. The van der Waals surface area contributed by atoms with Crippen LogP contribution >= 0.6 is 0 Å². The molecule has 1 atom stereocenters. The van der Waals surface area contributed by atoms with Crippen LogP contribution in [0.25, 0.3) is 0 Å². The molecule has 0 bridgehead atoms. The van der Waals surface area contributed by atoms with E-state index in [0.29, 0.717) is 6.54 Å². The van der Waals surface area contributed by atoms with Crippen molar-refractivity contribution in [2.24, 2.45) is 0 Å². The van der Waals surface area contributed by atoms with Gasteiger partial charge >= 0.3 is 6.03 Å². The number of amides is 2. The number of urea groups is 1. The fraction of sp³-hybridized carbons (Fsp3) is 0.261. The number of fused-ring (bicyclic) bond motifs is 1. The number of benzene rings is 2. The molecule has 1 aliphatic heterocycles. The van der Waals surface area contributed by atoms with Gasteiger partial charge in [-0.1, -0.05) is 18.2 Å². The molecule has 0 saturated carbocycles. The van der Waals surface area contributed by atoms with Crippen molar-refractivity contribution in [3.63, 3.8) is 0 Å². The summed E-state index contributed by atoms with van der Waals surface area (Å²) in [6.07, 6.45) is 2.07. The van der Waals surface area contributed by atoms with Gasteiger partial charge in [0.2, 0.25) is 0 Å². The summed E-state index contributed by atoms with van der Waals surface area (Å²) in [5.41, 5.74) is 5.38. The van der Waals surface area contributed by atoms with Crippen LogP contribution in [0.5, 0.6) is 5.75 Å². The van der Waals surface area contributed by atoms with E-state index in [1.807, 2.05) is 53.4 Å². The first-order valence-corrected chi connectivity index (χ1v) is 9.50. The van der Waals surface area contributed by atoms with E-state index in [1.54, 1.807) is 7.11 Å². The number of ether oxygens (including phenoxy) is 1. The molecule has 0 aliphatic carbocycles. The first kappa shape index (κ1) is 18.2. The Morgan fingerprint density at radius 2 is 1.82 bits per heavy atom. The Kier molecular flexibility index (Phi) is 4.82. The second-order valence-electron chi connectivity index (χ2n) is 7.22. The van der Waals surface area contributed by atoms with Gasteiger partial charge in [-0.2, -0.15) is 0 Å². The lowest BCUT2D eigenvalue weighted by Gasteiger charge is -2.37. The first-order chi connectivity index (χ1) is 13.6. The second kappa shape index (κ2) is 7.43. The predicted octanol–water partition coefficient (Wildman–Crippen LogP) is 4.75. The normalized spacial score (nSPS) is 15.8. The molecule has 2 amide bonds. The number of aryl methyl sites for hydroxylation is 2. The van der Waals surface area contributed by atoms with Crippen LogP contribution in [0.2, 0.25) is 0 Å². The van der Waals surface area contributed by atoms with Crippen molar-refractivity contribution in [3.05, 3.63) is 83.2 Å². The molecule has 4 rings (SSSR count). The van der Waals surface area contributed by atoms with Crippen LogP contribution < -0.4 is 10.1 Å². The summed E-state index contributed by atoms with van der Waals surface area (Å²) in [5, 5.41) is 3.08. The molecule has 0 fully saturated rings. The van der Waals surface area contributed by atoms with E-state index in [4.69, 9.17) is 4.74 Å². The first-order valence-electron chi connectivity index (χ1n) is 9.50. The van der Waals surface area contributed by atoms with Gasteiger partial charge in [-0.05, 0) is 66.9 Å². The van der Waals surface area contributed by atoms with Crippen molar-refractivity contribution >= 4 is 11.7 Å². The summed E-state index contributed by atoms with van der Waals surface area (Å²) in [6.45, 7) is 5.56. The number of anilines is 1. The molecule has 5 heteroatoms. The van der Waals surface area contributed by atoms with Crippen molar-refractivity contribution < 1.29 is 9.53 Å². The average Bonchev–Trinajstić information content (AvgIpc) is 3.19. The lowest BCUT2D eigenvalue weighted by Crippen LogP contribution is -2.44. The maximum Gasteiger partial charge on any atom is 0.322 e. The van der Waals surface area contributed by atoms with Gasteiger partial charge in [0.05, 0.1) is 13.2 Å². The zero-order valence-corrected chi connectivity index (χ0v) is 16.5. The molecule has 3 aromatic rings. The summed E-state index contributed by atoms with van der Waals surface area (Å²) in [7, 11) is 1.66. The van der Waals surface area contributed by atoms with Gasteiger partial charge in [0, 0.05) is 30.7 Å². The Morgan fingerprint density at radius 1 is 1.04 bits per heavy atom. The minimum absolute atomic E-state index is 0.0866. The Morgan fingerprint density at radius 3 is 2.54 bits per heavy atom.